The Morgan fingerprint density at radius 3 is 2.45 bits per heavy atom. The Balaban J connectivity index is 1.56. The standard InChI is InChI=1S/C15H21NO4/c1-2-17-11-16(7-14-8-19-14)12-3-5-13(6-4-12)18-9-15-10-20-15/h3-6,14-15H,2,7-11H2,1H3. The highest BCUT2D eigenvalue weighted by atomic mass is 16.6. The Hall–Kier alpha value is -1.30. The Kier molecular flexibility index (Phi) is 4.40. The predicted molar refractivity (Wildman–Crippen MR) is 75.3 cm³/mol. The van der Waals surface area contributed by atoms with Gasteiger partial charge in [0.15, 0.2) is 0 Å². The van der Waals surface area contributed by atoms with Gasteiger partial charge in [-0.05, 0) is 31.2 Å². The minimum absolute atomic E-state index is 0.288. The van der Waals surface area contributed by atoms with E-state index in [0.29, 0.717) is 26.0 Å². The monoisotopic (exact) mass is 279 g/mol. The van der Waals surface area contributed by atoms with Crippen LogP contribution in [-0.2, 0) is 14.2 Å². The quantitative estimate of drug-likeness (QED) is 0.508. The molecule has 2 fully saturated rings. The summed E-state index contributed by atoms with van der Waals surface area (Å²) in [6.45, 7) is 6.49. The number of rotatable bonds is 9. The number of nitrogens with zero attached hydrogens (tertiary/aromatic N) is 1. The molecule has 0 saturated carbocycles. The Morgan fingerprint density at radius 1 is 1.15 bits per heavy atom. The molecule has 110 valence electrons. The fourth-order valence-corrected chi connectivity index (χ4v) is 1.96. The van der Waals surface area contributed by atoms with Gasteiger partial charge in [-0.3, -0.25) is 0 Å². The van der Waals surface area contributed by atoms with Crippen LogP contribution in [0.3, 0.4) is 0 Å². The molecule has 0 aromatic heterocycles. The Labute approximate surface area is 119 Å². The Bertz CT molecular complexity index is 414. The van der Waals surface area contributed by atoms with E-state index in [4.69, 9.17) is 18.9 Å². The van der Waals surface area contributed by atoms with Gasteiger partial charge in [-0.1, -0.05) is 0 Å². The van der Waals surface area contributed by atoms with Gasteiger partial charge in [0.05, 0.1) is 19.3 Å². The third-order valence-corrected chi connectivity index (χ3v) is 3.32. The van der Waals surface area contributed by atoms with E-state index in [9.17, 15) is 0 Å². The van der Waals surface area contributed by atoms with E-state index in [1.807, 2.05) is 19.1 Å². The normalized spacial score (nSPS) is 23.4. The number of epoxide rings is 2. The lowest BCUT2D eigenvalue weighted by molar-refractivity contribution is 0.146. The second-order valence-corrected chi connectivity index (χ2v) is 5.06. The third-order valence-electron chi connectivity index (χ3n) is 3.32. The summed E-state index contributed by atoms with van der Waals surface area (Å²) in [7, 11) is 0. The van der Waals surface area contributed by atoms with Crippen molar-refractivity contribution in [3.8, 4) is 5.75 Å². The number of anilines is 1. The molecule has 0 spiro atoms. The molecule has 3 rings (SSSR count). The minimum Gasteiger partial charge on any atom is -0.491 e. The van der Waals surface area contributed by atoms with Gasteiger partial charge in [0, 0.05) is 18.8 Å². The first kappa shape index (κ1) is 13.7. The fraction of sp³-hybridized carbons (Fsp3) is 0.600. The summed E-state index contributed by atoms with van der Waals surface area (Å²) in [6.07, 6.45) is 0.634. The summed E-state index contributed by atoms with van der Waals surface area (Å²) in [5.41, 5.74) is 1.13. The van der Waals surface area contributed by atoms with Gasteiger partial charge in [0.25, 0.3) is 0 Å². The van der Waals surface area contributed by atoms with Crippen molar-refractivity contribution < 1.29 is 18.9 Å². The summed E-state index contributed by atoms with van der Waals surface area (Å²) >= 11 is 0. The number of ether oxygens (including phenoxy) is 4. The van der Waals surface area contributed by atoms with E-state index < -0.39 is 0 Å². The lowest BCUT2D eigenvalue weighted by Crippen LogP contribution is -2.30. The van der Waals surface area contributed by atoms with Crippen molar-refractivity contribution >= 4 is 5.69 Å². The molecule has 5 nitrogen and oxygen atoms in total. The summed E-state index contributed by atoms with van der Waals surface area (Å²) in [4.78, 5) is 2.19. The van der Waals surface area contributed by atoms with Crippen LogP contribution in [0.15, 0.2) is 24.3 Å². The van der Waals surface area contributed by atoms with Gasteiger partial charge in [0.2, 0.25) is 0 Å². The zero-order valence-corrected chi connectivity index (χ0v) is 11.8. The van der Waals surface area contributed by atoms with Crippen molar-refractivity contribution in [3.63, 3.8) is 0 Å². The van der Waals surface area contributed by atoms with Crippen molar-refractivity contribution in [1.29, 1.82) is 0 Å². The SMILES string of the molecule is CCOCN(CC1CO1)c1ccc(OCC2CO2)cc1. The van der Waals surface area contributed by atoms with Crippen molar-refractivity contribution in [3.05, 3.63) is 24.3 Å². The van der Waals surface area contributed by atoms with Crippen molar-refractivity contribution in [2.24, 2.45) is 0 Å². The predicted octanol–water partition coefficient (Wildman–Crippen LogP) is 1.66. The van der Waals surface area contributed by atoms with E-state index in [1.54, 1.807) is 0 Å². The van der Waals surface area contributed by atoms with Gasteiger partial charge in [-0.2, -0.15) is 0 Å². The van der Waals surface area contributed by atoms with E-state index in [2.05, 4.69) is 17.0 Å². The molecule has 1 aromatic rings. The van der Waals surface area contributed by atoms with Crippen LogP contribution >= 0.6 is 0 Å². The molecule has 0 bridgehead atoms. The first-order chi connectivity index (χ1) is 9.85. The van der Waals surface area contributed by atoms with E-state index in [0.717, 1.165) is 31.2 Å². The molecule has 5 heteroatoms. The minimum atomic E-state index is 0.288. The molecule has 2 atom stereocenters. The topological polar surface area (TPSA) is 46.8 Å². The van der Waals surface area contributed by atoms with Crippen molar-refractivity contribution in [2.45, 2.75) is 19.1 Å². The second-order valence-electron chi connectivity index (χ2n) is 5.06. The highest BCUT2D eigenvalue weighted by Gasteiger charge is 2.26. The van der Waals surface area contributed by atoms with Crippen LogP contribution in [0.4, 0.5) is 5.69 Å². The van der Waals surface area contributed by atoms with Crippen molar-refractivity contribution in [1.82, 2.24) is 0 Å². The van der Waals surface area contributed by atoms with E-state index in [1.165, 1.54) is 0 Å². The molecular weight excluding hydrogens is 258 g/mol. The Morgan fingerprint density at radius 2 is 1.85 bits per heavy atom. The third kappa shape index (κ3) is 4.10. The van der Waals surface area contributed by atoms with Crippen molar-refractivity contribution in [2.75, 3.05) is 44.6 Å². The largest absolute Gasteiger partial charge is 0.491 e. The zero-order chi connectivity index (χ0) is 13.8. The highest BCUT2D eigenvalue weighted by molar-refractivity contribution is 5.49. The van der Waals surface area contributed by atoms with Crippen LogP contribution in [0.2, 0.25) is 0 Å². The first-order valence-corrected chi connectivity index (χ1v) is 7.14. The molecule has 1 aromatic carbocycles. The molecule has 2 aliphatic heterocycles. The van der Waals surface area contributed by atoms with Crippen LogP contribution in [-0.4, -0.2) is 51.9 Å². The van der Waals surface area contributed by atoms with Crippen LogP contribution in [0.5, 0.6) is 5.75 Å². The summed E-state index contributed by atoms with van der Waals surface area (Å²) < 4.78 is 21.6. The van der Waals surface area contributed by atoms with E-state index >= 15 is 0 Å². The first-order valence-electron chi connectivity index (χ1n) is 7.14. The van der Waals surface area contributed by atoms with Gasteiger partial charge < -0.3 is 23.8 Å². The smallest absolute Gasteiger partial charge is 0.119 e. The molecule has 0 radical (unpaired) electrons. The molecule has 2 heterocycles. The molecule has 2 saturated heterocycles. The van der Waals surface area contributed by atoms with E-state index in [-0.39, 0.29) is 6.10 Å². The number of hydrogen-bond donors (Lipinski definition) is 0. The zero-order valence-electron chi connectivity index (χ0n) is 11.8. The fourth-order valence-electron chi connectivity index (χ4n) is 1.96. The molecule has 0 amide bonds. The summed E-state index contributed by atoms with van der Waals surface area (Å²) in [6, 6.07) is 8.10. The number of hydrogen-bond acceptors (Lipinski definition) is 5. The van der Waals surface area contributed by atoms with Crippen LogP contribution < -0.4 is 9.64 Å². The maximum atomic E-state index is 5.64. The van der Waals surface area contributed by atoms with Gasteiger partial charge >= 0.3 is 0 Å². The lowest BCUT2D eigenvalue weighted by atomic mass is 10.2. The molecular formula is C15H21NO4. The average Bonchev–Trinajstić information content (AvgIpc) is 3.37. The second kappa shape index (κ2) is 6.43. The highest BCUT2D eigenvalue weighted by Crippen LogP contribution is 2.23. The van der Waals surface area contributed by atoms with Crippen LogP contribution in [0.1, 0.15) is 6.92 Å². The molecule has 2 unspecified atom stereocenters. The molecule has 0 aliphatic carbocycles. The average molecular weight is 279 g/mol. The summed E-state index contributed by atoms with van der Waals surface area (Å²) in [5.74, 6) is 0.878. The maximum absolute atomic E-state index is 5.64. The molecule has 2 aliphatic rings. The van der Waals surface area contributed by atoms with Gasteiger partial charge in [0.1, 0.15) is 25.2 Å². The maximum Gasteiger partial charge on any atom is 0.119 e. The molecule has 0 N–H and O–H groups in total. The van der Waals surface area contributed by atoms with Gasteiger partial charge in [-0.25, -0.2) is 0 Å². The lowest BCUT2D eigenvalue weighted by Gasteiger charge is -2.23. The van der Waals surface area contributed by atoms with Crippen LogP contribution in [0.25, 0.3) is 0 Å². The summed E-state index contributed by atoms with van der Waals surface area (Å²) in [5, 5.41) is 0. The van der Waals surface area contributed by atoms with Crippen LogP contribution in [0, 0.1) is 0 Å². The number of benzene rings is 1. The molecule has 20 heavy (non-hydrogen) atoms. The van der Waals surface area contributed by atoms with Gasteiger partial charge in [-0.15, -0.1) is 0 Å².